The molecule has 4 amide bonds. The van der Waals surface area contributed by atoms with Crippen molar-refractivity contribution in [3.63, 3.8) is 0 Å². The number of nitrogens with zero attached hydrogens (tertiary/aromatic N) is 2. The maximum Gasteiger partial charge on any atom is 0.335 e. The molecule has 0 radical (unpaired) electrons. The van der Waals surface area contributed by atoms with E-state index in [-0.39, 0.29) is 5.57 Å². The van der Waals surface area contributed by atoms with E-state index in [0.717, 1.165) is 38.2 Å². The first kappa shape index (κ1) is 18.7. The maximum atomic E-state index is 13.2. The molecule has 146 valence electrons. The Kier molecular flexibility index (Phi) is 4.34. The molecule has 0 spiro atoms. The van der Waals surface area contributed by atoms with E-state index in [1.165, 1.54) is 0 Å². The number of carbonyl (C=O) groups is 3. The Morgan fingerprint density at radius 2 is 1.59 bits per heavy atom. The van der Waals surface area contributed by atoms with Crippen molar-refractivity contribution >= 4 is 40.5 Å². The topological polar surface area (TPSA) is 71.4 Å². The van der Waals surface area contributed by atoms with Crippen LogP contribution in [0.1, 0.15) is 22.4 Å². The number of imide groups is 2. The molecule has 0 aliphatic carbocycles. The monoisotopic (exact) mass is 387 g/mol. The van der Waals surface area contributed by atoms with Crippen molar-refractivity contribution in [3.8, 4) is 0 Å². The molecule has 0 unspecified atom stereocenters. The molecule has 1 fully saturated rings. The maximum absolute atomic E-state index is 13.2. The van der Waals surface area contributed by atoms with E-state index in [9.17, 15) is 14.4 Å². The highest BCUT2D eigenvalue weighted by Gasteiger charge is 2.37. The highest BCUT2D eigenvalue weighted by Crippen LogP contribution is 2.29. The van der Waals surface area contributed by atoms with E-state index in [2.05, 4.69) is 5.32 Å². The Balaban J connectivity index is 1.86. The van der Waals surface area contributed by atoms with Crippen molar-refractivity contribution < 1.29 is 14.4 Å². The normalized spacial score (nSPS) is 16.1. The van der Waals surface area contributed by atoms with Gasteiger partial charge in [-0.15, -0.1) is 0 Å². The lowest BCUT2D eigenvalue weighted by atomic mass is 10.0. The third kappa shape index (κ3) is 3.02. The zero-order valence-electron chi connectivity index (χ0n) is 16.7. The van der Waals surface area contributed by atoms with Crippen LogP contribution in [0.5, 0.6) is 0 Å². The predicted octanol–water partition coefficient (Wildman–Crippen LogP) is 3.77. The number of para-hydroxylation sites is 1. The number of benzene rings is 2. The molecule has 29 heavy (non-hydrogen) atoms. The fourth-order valence-electron chi connectivity index (χ4n) is 3.85. The fraction of sp³-hybridized carbons (Fsp3) is 0.174. The Morgan fingerprint density at radius 1 is 0.931 bits per heavy atom. The highest BCUT2D eigenvalue weighted by molar-refractivity contribution is 6.39. The van der Waals surface area contributed by atoms with Crippen LogP contribution in [-0.2, 0) is 16.6 Å². The number of nitrogens with one attached hydrogen (secondary N) is 1. The van der Waals surface area contributed by atoms with Crippen molar-refractivity contribution in [1.82, 2.24) is 9.88 Å². The van der Waals surface area contributed by atoms with Crippen LogP contribution in [0.15, 0.2) is 48.0 Å². The third-order valence-corrected chi connectivity index (χ3v) is 5.30. The quantitative estimate of drug-likeness (QED) is 0.537. The zero-order chi connectivity index (χ0) is 20.9. The fourth-order valence-corrected chi connectivity index (χ4v) is 3.85. The lowest BCUT2D eigenvalue weighted by Gasteiger charge is -2.27. The Morgan fingerprint density at radius 3 is 2.28 bits per heavy atom. The molecule has 1 N–H and O–H groups in total. The van der Waals surface area contributed by atoms with Crippen molar-refractivity contribution in [1.29, 1.82) is 0 Å². The van der Waals surface area contributed by atoms with Crippen molar-refractivity contribution in [2.24, 2.45) is 7.05 Å². The number of amides is 4. The van der Waals surface area contributed by atoms with Gasteiger partial charge in [-0.1, -0.05) is 24.3 Å². The summed E-state index contributed by atoms with van der Waals surface area (Å²) in [6.45, 7) is 5.72. The number of aryl methyl sites for hydroxylation is 3. The first-order valence-corrected chi connectivity index (χ1v) is 9.31. The molecule has 1 aliphatic rings. The minimum Gasteiger partial charge on any atom is -0.347 e. The SMILES string of the molecule is Cc1cc(C)cc(N2C(=O)NC(=O)/C(=C/c3c(C)n(C)c4ccccc34)C2=O)c1. The van der Waals surface area contributed by atoms with E-state index >= 15 is 0 Å². The van der Waals surface area contributed by atoms with E-state index in [1.807, 2.05) is 62.7 Å². The number of anilines is 1. The second-order valence-corrected chi connectivity index (χ2v) is 7.38. The highest BCUT2D eigenvalue weighted by atomic mass is 16.2. The third-order valence-electron chi connectivity index (χ3n) is 5.30. The molecule has 6 heteroatoms. The summed E-state index contributed by atoms with van der Waals surface area (Å²) in [5, 5.41) is 3.23. The molecule has 1 aromatic heterocycles. The van der Waals surface area contributed by atoms with Gasteiger partial charge < -0.3 is 4.57 Å². The molecular formula is C23H21N3O3. The second kappa shape index (κ2) is 6.74. The first-order chi connectivity index (χ1) is 13.8. The summed E-state index contributed by atoms with van der Waals surface area (Å²) in [6, 6.07) is 12.5. The summed E-state index contributed by atoms with van der Waals surface area (Å²) in [5.41, 5.74) is 4.94. The van der Waals surface area contributed by atoms with Gasteiger partial charge in [0.1, 0.15) is 5.57 Å². The van der Waals surface area contributed by atoms with Crippen LogP contribution in [-0.4, -0.2) is 22.4 Å². The van der Waals surface area contributed by atoms with Crippen molar-refractivity contribution in [3.05, 3.63) is 70.4 Å². The molecule has 3 aromatic rings. The van der Waals surface area contributed by atoms with Crippen molar-refractivity contribution in [2.45, 2.75) is 20.8 Å². The lowest BCUT2D eigenvalue weighted by molar-refractivity contribution is -0.122. The average molecular weight is 387 g/mol. The lowest BCUT2D eigenvalue weighted by Crippen LogP contribution is -2.54. The molecule has 4 rings (SSSR count). The number of hydrogen-bond acceptors (Lipinski definition) is 3. The van der Waals surface area contributed by atoms with E-state index in [0.29, 0.717) is 5.69 Å². The van der Waals surface area contributed by atoms with Crippen molar-refractivity contribution in [2.75, 3.05) is 4.90 Å². The summed E-state index contributed by atoms with van der Waals surface area (Å²) in [7, 11) is 1.94. The van der Waals surface area contributed by atoms with Gasteiger partial charge in [0.2, 0.25) is 0 Å². The van der Waals surface area contributed by atoms with Gasteiger partial charge in [-0.3, -0.25) is 14.9 Å². The predicted molar refractivity (Wildman–Crippen MR) is 113 cm³/mol. The van der Waals surface area contributed by atoms with Crippen LogP contribution in [0.3, 0.4) is 0 Å². The van der Waals surface area contributed by atoms with Gasteiger partial charge in [0, 0.05) is 29.2 Å². The van der Waals surface area contributed by atoms with Crippen LogP contribution in [0.4, 0.5) is 10.5 Å². The molecule has 2 heterocycles. The van der Waals surface area contributed by atoms with Gasteiger partial charge in [-0.25, -0.2) is 9.69 Å². The number of aromatic nitrogens is 1. The van der Waals surface area contributed by atoms with Crippen LogP contribution in [0.25, 0.3) is 17.0 Å². The molecule has 0 saturated carbocycles. The van der Waals surface area contributed by atoms with Gasteiger partial charge in [0.05, 0.1) is 5.69 Å². The van der Waals surface area contributed by atoms with E-state index < -0.39 is 17.8 Å². The Bertz CT molecular complexity index is 1210. The van der Waals surface area contributed by atoms with Gasteiger partial charge in [0.25, 0.3) is 11.8 Å². The average Bonchev–Trinajstić information content (AvgIpc) is 2.89. The number of fused-ring (bicyclic) bond motifs is 1. The van der Waals surface area contributed by atoms with Gasteiger partial charge in [0.15, 0.2) is 0 Å². The number of rotatable bonds is 2. The minimum atomic E-state index is -0.739. The standard InChI is InChI=1S/C23H21N3O3/c1-13-9-14(2)11-16(10-13)26-22(28)19(21(27)24-23(26)29)12-18-15(3)25(4)20-8-6-5-7-17(18)20/h5-12H,1-4H3,(H,24,27,29)/b19-12-. The van der Waals surface area contributed by atoms with Gasteiger partial charge >= 0.3 is 6.03 Å². The largest absolute Gasteiger partial charge is 0.347 e. The summed E-state index contributed by atoms with van der Waals surface area (Å²) in [6.07, 6.45) is 1.58. The molecule has 0 bridgehead atoms. The number of hydrogen-bond donors (Lipinski definition) is 1. The molecular weight excluding hydrogens is 366 g/mol. The second-order valence-electron chi connectivity index (χ2n) is 7.38. The van der Waals surface area contributed by atoms with Crippen LogP contribution in [0, 0.1) is 20.8 Å². The Labute approximate surface area is 168 Å². The molecule has 0 atom stereocenters. The van der Waals surface area contributed by atoms with Crippen LogP contribution >= 0.6 is 0 Å². The number of carbonyl (C=O) groups excluding carboxylic acids is 3. The summed E-state index contributed by atoms with van der Waals surface area (Å²) < 4.78 is 2.01. The number of barbiturate groups is 1. The summed E-state index contributed by atoms with van der Waals surface area (Å²) in [5.74, 6) is -1.32. The van der Waals surface area contributed by atoms with Gasteiger partial charge in [-0.2, -0.15) is 0 Å². The van der Waals surface area contributed by atoms with Crippen LogP contribution in [0.2, 0.25) is 0 Å². The number of urea groups is 1. The van der Waals surface area contributed by atoms with Gasteiger partial charge in [-0.05, 0) is 56.2 Å². The molecule has 1 aliphatic heterocycles. The molecule has 2 aromatic carbocycles. The summed E-state index contributed by atoms with van der Waals surface area (Å²) >= 11 is 0. The smallest absolute Gasteiger partial charge is 0.335 e. The summed E-state index contributed by atoms with van der Waals surface area (Å²) in [4.78, 5) is 39.2. The first-order valence-electron chi connectivity index (χ1n) is 9.31. The molecule has 1 saturated heterocycles. The minimum absolute atomic E-state index is 0.0665. The Hall–Kier alpha value is -3.67. The van der Waals surface area contributed by atoms with Crippen LogP contribution < -0.4 is 10.2 Å². The zero-order valence-corrected chi connectivity index (χ0v) is 16.7. The van der Waals surface area contributed by atoms with E-state index in [4.69, 9.17) is 0 Å². The van der Waals surface area contributed by atoms with E-state index in [1.54, 1.807) is 18.2 Å². The molecule has 6 nitrogen and oxygen atoms in total.